The van der Waals surface area contributed by atoms with E-state index >= 15 is 0 Å². The molecule has 2 N–H and O–H groups in total. The molecule has 0 radical (unpaired) electrons. The number of hydrogen-bond donors (Lipinski definition) is 1. The lowest BCUT2D eigenvalue weighted by Crippen LogP contribution is -2.56. The van der Waals surface area contributed by atoms with Crippen LogP contribution in [0, 0.1) is 11.6 Å². The van der Waals surface area contributed by atoms with Gasteiger partial charge in [0.25, 0.3) is 0 Å². The molecule has 2 fully saturated rings. The Labute approximate surface area is 140 Å². The van der Waals surface area contributed by atoms with Crippen molar-refractivity contribution in [2.24, 2.45) is 5.73 Å². The number of morpholine rings is 1. The van der Waals surface area contributed by atoms with E-state index in [9.17, 15) is 13.6 Å². The molecule has 1 amide bonds. The summed E-state index contributed by atoms with van der Waals surface area (Å²) in [6, 6.07) is 3.70. The first-order chi connectivity index (χ1) is 10.5. The van der Waals surface area contributed by atoms with Crippen LogP contribution in [0.3, 0.4) is 0 Å². The minimum Gasteiger partial charge on any atom is -0.370 e. The summed E-state index contributed by atoms with van der Waals surface area (Å²) in [7, 11) is 0. The van der Waals surface area contributed by atoms with Crippen molar-refractivity contribution in [1.29, 1.82) is 0 Å². The molecule has 23 heavy (non-hydrogen) atoms. The Balaban J connectivity index is 0.00000192. The van der Waals surface area contributed by atoms with E-state index in [1.807, 2.05) is 0 Å². The number of nitrogens with zero attached hydrogens (tertiary/aromatic N) is 1. The lowest BCUT2D eigenvalue weighted by atomic mass is 9.96. The first-order valence-corrected chi connectivity index (χ1v) is 7.64. The lowest BCUT2D eigenvalue weighted by Gasteiger charge is -2.37. The van der Waals surface area contributed by atoms with Gasteiger partial charge in [0.15, 0.2) is 11.6 Å². The van der Waals surface area contributed by atoms with E-state index in [-0.39, 0.29) is 18.3 Å². The Morgan fingerprint density at radius 1 is 1.26 bits per heavy atom. The monoisotopic (exact) mass is 346 g/mol. The number of hydrogen-bond acceptors (Lipinski definition) is 3. The average Bonchev–Trinajstić information content (AvgIpc) is 2.97. The van der Waals surface area contributed by atoms with Crippen LogP contribution < -0.4 is 5.73 Å². The van der Waals surface area contributed by atoms with Crippen LogP contribution in [-0.2, 0) is 9.53 Å². The van der Waals surface area contributed by atoms with Crippen molar-refractivity contribution in [3.05, 3.63) is 35.4 Å². The molecule has 2 aliphatic rings. The molecule has 1 unspecified atom stereocenters. The van der Waals surface area contributed by atoms with E-state index in [2.05, 4.69) is 0 Å². The van der Waals surface area contributed by atoms with Gasteiger partial charge in [0.2, 0.25) is 5.91 Å². The van der Waals surface area contributed by atoms with E-state index < -0.39 is 23.3 Å². The molecule has 4 nitrogen and oxygen atoms in total. The standard InChI is InChI=1S/C16H20F2N2O2.ClH/c17-12-4-3-11(9-13(12)18)14-10-20(7-8-22-14)15(21)16(19)5-1-2-6-16;/h3-4,9,14H,1-2,5-8,10,19H2;1H. The zero-order valence-electron chi connectivity index (χ0n) is 12.8. The summed E-state index contributed by atoms with van der Waals surface area (Å²) in [6.07, 6.45) is 2.91. The largest absolute Gasteiger partial charge is 0.370 e. The maximum absolute atomic E-state index is 13.4. The second-order valence-electron chi connectivity index (χ2n) is 6.15. The van der Waals surface area contributed by atoms with Gasteiger partial charge in [-0.25, -0.2) is 8.78 Å². The van der Waals surface area contributed by atoms with E-state index in [1.54, 1.807) is 4.90 Å². The molecule has 1 saturated heterocycles. The number of halogens is 3. The topological polar surface area (TPSA) is 55.6 Å². The minimum absolute atomic E-state index is 0. The van der Waals surface area contributed by atoms with Gasteiger partial charge in [0.1, 0.15) is 6.10 Å². The van der Waals surface area contributed by atoms with Gasteiger partial charge in [-0.05, 0) is 30.5 Å². The third-order valence-electron chi connectivity index (χ3n) is 4.59. The molecule has 0 spiro atoms. The van der Waals surface area contributed by atoms with Crippen molar-refractivity contribution in [2.45, 2.75) is 37.3 Å². The number of benzene rings is 1. The molecule has 7 heteroatoms. The summed E-state index contributed by atoms with van der Waals surface area (Å²) in [5.41, 5.74) is 5.99. The molecule has 128 valence electrons. The van der Waals surface area contributed by atoms with Crippen LogP contribution >= 0.6 is 12.4 Å². The molecule has 1 saturated carbocycles. The van der Waals surface area contributed by atoms with Crippen molar-refractivity contribution in [2.75, 3.05) is 19.7 Å². The highest BCUT2D eigenvalue weighted by Crippen LogP contribution is 2.31. The number of ether oxygens (including phenoxy) is 1. The van der Waals surface area contributed by atoms with Crippen molar-refractivity contribution in [3.8, 4) is 0 Å². The molecule has 1 aromatic carbocycles. The Kier molecular flexibility index (Phi) is 5.60. The van der Waals surface area contributed by atoms with Crippen LogP contribution in [0.1, 0.15) is 37.4 Å². The molecular weight excluding hydrogens is 326 g/mol. The Hall–Kier alpha value is -1.24. The van der Waals surface area contributed by atoms with Crippen LogP contribution in [0.2, 0.25) is 0 Å². The Morgan fingerprint density at radius 2 is 1.96 bits per heavy atom. The molecule has 1 atom stereocenters. The zero-order chi connectivity index (χ0) is 15.7. The molecule has 0 aromatic heterocycles. The third kappa shape index (κ3) is 3.65. The van der Waals surface area contributed by atoms with Crippen molar-refractivity contribution in [3.63, 3.8) is 0 Å². The SMILES string of the molecule is Cl.NC1(C(=O)N2CCOC(c3ccc(F)c(F)c3)C2)CCCC1. The van der Waals surface area contributed by atoms with E-state index in [0.29, 0.717) is 38.1 Å². The van der Waals surface area contributed by atoms with Crippen LogP contribution in [0.5, 0.6) is 0 Å². The highest BCUT2D eigenvalue weighted by atomic mass is 35.5. The van der Waals surface area contributed by atoms with Crippen molar-refractivity contribution >= 4 is 18.3 Å². The molecule has 3 rings (SSSR count). The lowest BCUT2D eigenvalue weighted by molar-refractivity contribution is -0.144. The second kappa shape index (κ2) is 7.11. The fourth-order valence-corrected chi connectivity index (χ4v) is 3.28. The number of amides is 1. The van der Waals surface area contributed by atoms with E-state index in [1.165, 1.54) is 6.07 Å². The summed E-state index contributed by atoms with van der Waals surface area (Å²) < 4.78 is 32.0. The van der Waals surface area contributed by atoms with Gasteiger partial charge >= 0.3 is 0 Å². The summed E-state index contributed by atoms with van der Waals surface area (Å²) in [6.45, 7) is 1.17. The van der Waals surface area contributed by atoms with Gasteiger partial charge in [-0.2, -0.15) is 0 Å². The van der Waals surface area contributed by atoms with Gasteiger partial charge in [-0.15, -0.1) is 12.4 Å². The molecule has 0 bridgehead atoms. The van der Waals surface area contributed by atoms with Gasteiger partial charge in [-0.1, -0.05) is 18.9 Å². The maximum atomic E-state index is 13.4. The zero-order valence-corrected chi connectivity index (χ0v) is 13.6. The summed E-state index contributed by atoms with van der Waals surface area (Å²) >= 11 is 0. The van der Waals surface area contributed by atoms with E-state index in [4.69, 9.17) is 10.5 Å². The highest BCUT2D eigenvalue weighted by molar-refractivity contribution is 5.86. The van der Waals surface area contributed by atoms with Crippen LogP contribution in [0.4, 0.5) is 8.78 Å². The summed E-state index contributed by atoms with van der Waals surface area (Å²) in [5, 5.41) is 0. The normalized spacial score (nSPS) is 23.4. The van der Waals surface area contributed by atoms with Gasteiger partial charge in [0.05, 0.1) is 18.7 Å². The van der Waals surface area contributed by atoms with Crippen molar-refractivity contribution in [1.82, 2.24) is 4.90 Å². The summed E-state index contributed by atoms with van der Waals surface area (Å²) in [5.74, 6) is -1.85. The Bertz CT molecular complexity index is 579. The Morgan fingerprint density at radius 3 is 2.61 bits per heavy atom. The molecule has 1 heterocycles. The quantitative estimate of drug-likeness (QED) is 0.895. The van der Waals surface area contributed by atoms with Crippen molar-refractivity contribution < 1.29 is 18.3 Å². The molecule has 1 aliphatic carbocycles. The van der Waals surface area contributed by atoms with Gasteiger partial charge in [0, 0.05) is 6.54 Å². The predicted octanol–water partition coefficient (Wildman–Crippen LogP) is 2.56. The fraction of sp³-hybridized carbons (Fsp3) is 0.562. The molecular formula is C16H21ClF2N2O2. The van der Waals surface area contributed by atoms with Crippen LogP contribution in [0.15, 0.2) is 18.2 Å². The second-order valence-corrected chi connectivity index (χ2v) is 6.15. The number of rotatable bonds is 2. The first-order valence-electron chi connectivity index (χ1n) is 7.64. The van der Waals surface area contributed by atoms with Gasteiger partial charge in [-0.3, -0.25) is 4.79 Å². The van der Waals surface area contributed by atoms with Crippen LogP contribution in [0.25, 0.3) is 0 Å². The maximum Gasteiger partial charge on any atom is 0.242 e. The smallest absolute Gasteiger partial charge is 0.242 e. The number of nitrogens with two attached hydrogens (primary N) is 1. The first kappa shape index (κ1) is 18.1. The number of carbonyl (C=O) groups excluding carboxylic acids is 1. The number of carbonyl (C=O) groups is 1. The van der Waals surface area contributed by atoms with Crippen LogP contribution in [-0.4, -0.2) is 36.0 Å². The third-order valence-corrected chi connectivity index (χ3v) is 4.59. The molecule has 1 aliphatic heterocycles. The molecule has 1 aromatic rings. The minimum atomic E-state index is -0.907. The average molecular weight is 347 g/mol. The van der Waals surface area contributed by atoms with E-state index in [0.717, 1.165) is 25.0 Å². The highest BCUT2D eigenvalue weighted by Gasteiger charge is 2.41. The summed E-state index contributed by atoms with van der Waals surface area (Å²) in [4.78, 5) is 14.3. The van der Waals surface area contributed by atoms with Gasteiger partial charge < -0.3 is 15.4 Å². The predicted molar refractivity (Wildman–Crippen MR) is 84.3 cm³/mol. The fourth-order valence-electron chi connectivity index (χ4n) is 3.28.